The minimum Gasteiger partial charge on any atom is -0.497 e. The van der Waals surface area contributed by atoms with E-state index in [2.05, 4.69) is 0 Å². The second-order valence-corrected chi connectivity index (χ2v) is 2.69. The molecular weight excluding hydrogens is 168 g/mol. The number of aliphatic hydroxyl groups excluding tert-OH is 1. The van der Waals surface area contributed by atoms with Gasteiger partial charge in [0.05, 0.1) is 13.2 Å². The van der Waals surface area contributed by atoms with Crippen molar-refractivity contribution in [3.05, 3.63) is 29.8 Å². The molecule has 0 spiro atoms. The molecule has 1 aromatic carbocycles. The molecule has 0 aliphatic carbocycles. The maximum atomic E-state index is 10.1. The van der Waals surface area contributed by atoms with Crippen molar-refractivity contribution in [2.45, 2.75) is 12.5 Å². The molecule has 0 radical (unpaired) electrons. The molecule has 1 aromatic rings. The van der Waals surface area contributed by atoms with Crippen molar-refractivity contribution in [1.82, 2.24) is 0 Å². The van der Waals surface area contributed by atoms with Crippen LogP contribution in [0.3, 0.4) is 0 Å². The molecule has 0 aliphatic heterocycles. The van der Waals surface area contributed by atoms with E-state index in [1.165, 1.54) is 0 Å². The Morgan fingerprint density at radius 1 is 1.46 bits per heavy atom. The highest BCUT2D eigenvalue weighted by atomic mass is 16.5. The maximum Gasteiger partial charge on any atom is 0.122 e. The summed E-state index contributed by atoms with van der Waals surface area (Å²) >= 11 is 0. The Morgan fingerprint density at radius 2 is 2.08 bits per heavy atom. The van der Waals surface area contributed by atoms with Gasteiger partial charge in [0.1, 0.15) is 12.0 Å². The molecule has 0 aromatic heterocycles. The first-order valence-electron chi connectivity index (χ1n) is 4.03. The van der Waals surface area contributed by atoms with Crippen LogP contribution in [0.15, 0.2) is 24.3 Å². The summed E-state index contributed by atoms with van der Waals surface area (Å²) in [4.78, 5) is 10.1. The molecule has 0 amide bonds. The fourth-order valence-electron chi connectivity index (χ4n) is 1.05. The van der Waals surface area contributed by atoms with Gasteiger partial charge in [0, 0.05) is 6.42 Å². The number of methoxy groups -OCH3 is 1. The Hall–Kier alpha value is -1.35. The molecule has 0 bridgehead atoms. The van der Waals surface area contributed by atoms with Gasteiger partial charge in [-0.25, -0.2) is 0 Å². The Kier molecular flexibility index (Phi) is 3.46. The zero-order valence-electron chi connectivity index (χ0n) is 7.43. The number of carbonyl (C=O) groups is 1. The number of aldehydes is 1. The average molecular weight is 180 g/mol. The normalized spacial score (nSPS) is 12.2. The SMILES string of the molecule is COc1ccc([C@@H](O)CC=O)cc1. The molecule has 70 valence electrons. The molecule has 3 nitrogen and oxygen atoms in total. The summed E-state index contributed by atoms with van der Waals surface area (Å²) in [6.07, 6.45) is 0.129. The van der Waals surface area contributed by atoms with Crippen LogP contribution in [0, 0.1) is 0 Å². The topological polar surface area (TPSA) is 46.5 Å². The van der Waals surface area contributed by atoms with Crippen LogP contribution in [0.5, 0.6) is 5.75 Å². The third kappa shape index (κ3) is 2.56. The van der Waals surface area contributed by atoms with E-state index in [4.69, 9.17) is 4.74 Å². The molecule has 1 atom stereocenters. The summed E-state index contributed by atoms with van der Waals surface area (Å²) in [6, 6.07) is 6.99. The Morgan fingerprint density at radius 3 is 2.54 bits per heavy atom. The van der Waals surface area contributed by atoms with Crippen LogP contribution in [0.25, 0.3) is 0 Å². The number of ether oxygens (including phenoxy) is 1. The predicted molar refractivity (Wildman–Crippen MR) is 48.6 cm³/mol. The lowest BCUT2D eigenvalue weighted by Gasteiger charge is -2.07. The predicted octanol–water partition coefficient (Wildman–Crippen LogP) is 1.32. The van der Waals surface area contributed by atoms with Gasteiger partial charge in [0.2, 0.25) is 0 Å². The molecule has 1 N–H and O–H groups in total. The van der Waals surface area contributed by atoms with Crippen LogP contribution in [0.2, 0.25) is 0 Å². The molecule has 0 heterocycles. The summed E-state index contributed by atoms with van der Waals surface area (Å²) in [5.41, 5.74) is 0.730. The van der Waals surface area contributed by atoms with Crippen LogP contribution in [-0.4, -0.2) is 18.5 Å². The Bertz CT molecular complexity index is 266. The number of rotatable bonds is 4. The highest BCUT2D eigenvalue weighted by Gasteiger charge is 2.05. The number of carbonyl (C=O) groups excluding carboxylic acids is 1. The number of aliphatic hydroxyl groups is 1. The van der Waals surface area contributed by atoms with E-state index in [0.717, 1.165) is 11.3 Å². The van der Waals surface area contributed by atoms with Crippen LogP contribution in [0.4, 0.5) is 0 Å². The fourth-order valence-corrected chi connectivity index (χ4v) is 1.05. The number of benzene rings is 1. The number of hydrogen-bond donors (Lipinski definition) is 1. The Labute approximate surface area is 77.0 Å². The quantitative estimate of drug-likeness (QED) is 0.711. The summed E-state index contributed by atoms with van der Waals surface area (Å²) in [5.74, 6) is 0.738. The molecule has 3 heteroatoms. The van der Waals surface area contributed by atoms with Crippen molar-refractivity contribution in [2.24, 2.45) is 0 Å². The molecule has 0 saturated carbocycles. The lowest BCUT2D eigenvalue weighted by atomic mass is 10.1. The van der Waals surface area contributed by atoms with Crippen LogP contribution in [0.1, 0.15) is 18.1 Å². The molecule has 13 heavy (non-hydrogen) atoms. The third-order valence-corrected chi connectivity index (χ3v) is 1.82. The van der Waals surface area contributed by atoms with Crippen LogP contribution < -0.4 is 4.74 Å². The van der Waals surface area contributed by atoms with E-state index in [1.807, 2.05) is 0 Å². The van der Waals surface area contributed by atoms with Crippen molar-refractivity contribution in [3.63, 3.8) is 0 Å². The summed E-state index contributed by atoms with van der Waals surface area (Å²) in [6.45, 7) is 0. The van der Waals surface area contributed by atoms with Crippen molar-refractivity contribution in [1.29, 1.82) is 0 Å². The zero-order chi connectivity index (χ0) is 9.68. The van der Waals surface area contributed by atoms with Crippen molar-refractivity contribution in [3.8, 4) is 5.75 Å². The second kappa shape index (κ2) is 4.62. The van der Waals surface area contributed by atoms with Gasteiger partial charge in [-0.3, -0.25) is 0 Å². The first-order valence-corrected chi connectivity index (χ1v) is 4.03. The largest absolute Gasteiger partial charge is 0.497 e. The van der Waals surface area contributed by atoms with Crippen molar-refractivity contribution < 1.29 is 14.6 Å². The first-order chi connectivity index (χ1) is 6.27. The lowest BCUT2D eigenvalue weighted by molar-refractivity contribution is -0.109. The lowest BCUT2D eigenvalue weighted by Crippen LogP contribution is -1.97. The molecule has 0 aliphatic rings. The minimum atomic E-state index is -0.705. The third-order valence-electron chi connectivity index (χ3n) is 1.82. The van der Waals surface area contributed by atoms with Gasteiger partial charge >= 0.3 is 0 Å². The molecule has 0 unspecified atom stereocenters. The highest BCUT2D eigenvalue weighted by molar-refractivity contribution is 5.51. The van der Waals surface area contributed by atoms with E-state index in [-0.39, 0.29) is 6.42 Å². The van der Waals surface area contributed by atoms with Gasteiger partial charge in [-0.1, -0.05) is 12.1 Å². The van der Waals surface area contributed by atoms with E-state index >= 15 is 0 Å². The van der Waals surface area contributed by atoms with Crippen molar-refractivity contribution in [2.75, 3.05) is 7.11 Å². The summed E-state index contributed by atoms with van der Waals surface area (Å²) < 4.78 is 4.96. The van der Waals surface area contributed by atoms with Gasteiger partial charge in [0.15, 0.2) is 0 Å². The fraction of sp³-hybridized carbons (Fsp3) is 0.300. The van der Waals surface area contributed by atoms with E-state index in [1.54, 1.807) is 31.4 Å². The molecular formula is C10H12O3. The Balaban J connectivity index is 2.73. The summed E-state index contributed by atoms with van der Waals surface area (Å²) in [7, 11) is 1.58. The molecule has 0 saturated heterocycles. The van der Waals surface area contributed by atoms with Gasteiger partial charge in [-0.05, 0) is 17.7 Å². The molecule has 0 fully saturated rings. The standard InChI is InChI=1S/C10H12O3/c1-13-9-4-2-8(3-5-9)10(12)6-7-11/h2-5,7,10,12H,6H2,1H3/t10-/m0/s1. The number of hydrogen-bond acceptors (Lipinski definition) is 3. The molecule has 1 rings (SSSR count). The first kappa shape index (κ1) is 9.74. The van der Waals surface area contributed by atoms with Gasteiger partial charge < -0.3 is 14.6 Å². The van der Waals surface area contributed by atoms with Gasteiger partial charge in [-0.15, -0.1) is 0 Å². The smallest absolute Gasteiger partial charge is 0.122 e. The van der Waals surface area contributed by atoms with Crippen molar-refractivity contribution >= 4 is 6.29 Å². The second-order valence-electron chi connectivity index (χ2n) is 2.69. The van der Waals surface area contributed by atoms with Crippen LogP contribution >= 0.6 is 0 Å². The van der Waals surface area contributed by atoms with E-state index in [0.29, 0.717) is 6.29 Å². The summed E-state index contributed by atoms with van der Waals surface area (Å²) in [5, 5.41) is 9.41. The average Bonchev–Trinajstić information content (AvgIpc) is 2.18. The van der Waals surface area contributed by atoms with E-state index in [9.17, 15) is 9.90 Å². The monoisotopic (exact) mass is 180 g/mol. The van der Waals surface area contributed by atoms with E-state index < -0.39 is 6.10 Å². The van der Waals surface area contributed by atoms with Gasteiger partial charge in [-0.2, -0.15) is 0 Å². The van der Waals surface area contributed by atoms with Gasteiger partial charge in [0.25, 0.3) is 0 Å². The van der Waals surface area contributed by atoms with Crippen LogP contribution in [-0.2, 0) is 4.79 Å². The zero-order valence-corrected chi connectivity index (χ0v) is 7.43. The highest BCUT2D eigenvalue weighted by Crippen LogP contribution is 2.18. The minimum absolute atomic E-state index is 0.131. The maximum absolute atomic E-state index is 10.1.